The van der Waals surface area contributed by atoms with Gasteiger partial charge in [-0.3, -0.25) is 19.1 Å². The molecule has 3 amide bonds. The number of rotatable bonds is 8. The predicted octanol–water partition coefficient (Wildman–Crippen LogP) is 3.54. The number of nitrogens with zero attached hydrogens (tertiary/aromatic N) is 3. The van der Waals surface area contributed by atoms with E-state index < -0.39 is 5.54 Å². The summed E-state index contributed by atoms with van der Waals surface area (Å²) in [5, 5.41) is 11.0. The average molecular weight is 486 g/mol. The van der Waals surface area contributed by atoms with E-state index in [2.05, 4.69) is 22.7 Å². The van der Waals surface area contributed by atoms with Crippen LogP contribution in [0.3, 0.4) is 0 Å². The quantitative estimate of drug-likeness (QED) is 0.597. The Kier molecular flexibility index (Phi) is 7.26. The molecule has 1 aromatic carbocycles. The van der Waals surface area contributed by atoms with E-state index in [0.29, 0.717) is 23.8 Å². The lowest BCUT2D eigenvalue weighted by atomic mass is 9.94. The molecule has 0 saturated heterocycles. The molecule has 9 heteroatoms. The van der Waals surface area contributed by atoms with Crippen LogP contribution in [0.2, 0.25) is 5.02 Å². The largest absolute Gasteiger partial charge is 0.351 e. The maximum absolute atomic E-state index is 13.5. The molecule has 1 aliphatic heterocycles. The van der Waals surface area contributed by atoms with Gasteiger partial charge in [0.2, 0.25) is 5.91 Å². The van der Waals surface area contributed by atoms with E-state index in [1.807, 2.05) is 12.1 Å². The smallest absolute Gasteiger partial charge is 0.273 e. The van der Waals surface area contributed by atoms with Crippen LogP contribution in [0.4, 0.5) is 0 Å². The van der Waals surface area contributed by atoms with Crippen molar-refractivity contribution in [2.75, 3.05) is 6.54 Å². The van der Waals surface area contributed by atoms with Gasteiger partial charge in [-0.1, -0.05) is 49.9 Å². The third-order valence-electron chi connectivity index (χ3n) is 6.81. The molecular weight excluding hydrogens is 454 g/mol. The molecule has 0 unspecified atom stereocenters. The topological polar surface area (TPSA) is 96.3 Å². The zero-order chi connectivity index (χ0) is 24.3. The van der Waals surface area contributed by atoms with E-state index in [0.717, 1.165) is 44.1 Å². The molecule has 2 aliphatic rings. The number of aromatic nitrogens is 2. The zero-order valence-corrected chi connectivity index (χ0v) is 20.5. The van der Waals surface area contributed by atoms with Gasteiger partial charge in [0.25, 0.3) is 11.8 Å². The van der Waals surface area contributed by atoms with Crippen LogP contribution in [-0.2, 0) is 17.9 Å². The number of benzene rings is 1. The fourth-order valence-electron chi connectivity index (χ4n) is 4.70. The van der Waals surface area contributed by atoms with E-state index >= 15 is 0 Å². The third-order valence-corrected chi connectivity index (χ3v) is 7.06. The maximum Gasteiger partial charge on any atom is 0.273 e. The van der Waals surface area contributed by atoms with Gasteiger partial charge >= 0.3 is 0 Å². The molecule has 8 nitrogen and oxygen atoms in total. The fraction of sp³-hybridized carbons (Fsp3) is 0.520. The molecule has 1 saturated carbocycles. The van der Waals surface area contributed by atoms with Crippen LogP contribution in [0.1, 0.15) is 78.9 Å². The van der Waals surface area contributed by atoms with Crippen molar-refractivity contribution in [2.45, 2.75) is 77.0 Å². The van der Waals surface area contributed by atoms with Gasteiger partial charge in [0.15, 0.2) is 5.69 Å². The highest BCUT2D eigenvalue weighted by molar-refractivity contribution is 6.30. The van der Waals surface area contributed by atoms with Gasteiger partial charge in [-0.2, -0.15) is 5.10 Å². The molecule has 182 valence electrons. The molecule has 2 heterocycles. The number of unbranched alkanes of at least 4 members (excludes halogenated alkanes) is 1. The summed E-state index contributed by atoms with van der Waals surface area (Å²) in [7, 11) is 0. The third kappa shape index (κ3) is 4.97. The standard InChI is InChI=1S/C25H32ClN5O3/c1-3-4-13-30-23(33)21-14-20(22(32)27-15-17-9-11-18(26)12-10-17)29-31(21)16-25(30,2)24(34)28-19-7-5-6-8-19/h9-12,14,19H,3-8,13,15-16H2,1-2H3,(H,27,32)(H,28,34)/t25-/m1/s1. The normalized spacial score (nSPS) is 20.3. The van der Waals surface area contributed by atoms with Crippen LogP contribution in [0.5, 0.6) is 0 Å². The van der Waals surface area contributed by atoms with Crippen molar-refractivity contribution >= 4 is 29.3 Å². The van der Waals surface area contributed by atoms with E-state index in [9.17, 15) is 14.4 Å². The molecule has 1 atom stereocenters. The number of nitrogens with one attached hydrogen (secondary N) is 2. The van der Waals surface area contributed by atoms with Gasteiger partial charge in [-0.15, -0.1) is 0 Å². The van der Waals surface area contributed by atoms with Crippen LogP contribution in [-0.4, -0.2) is 50.5 Å². The van der Waals surface area contributed by atoms with Crippen LogP contribution in [0, 0.1) is 0 Å². The summed E-state index contributed by atoms with van der Waals surface area (Å²) in [6, 6.07) is 8.88. The van der Waals surface area contributed by atoms with E-state index in [-0.39, 0.29) is 36.0 Å². The molecular formula is C25H32ClN5O3. The molecule has 0 spiro atoms. The number of carbonyl (C=O) groups is 3. The Morgan fingerprint density at radius 1 is 1.21 bits per heavy atom. The monoisotopic (exact) mass is 485 g/mol. The molecule has 1 fully saturated rings. The molecule has 0 radical (unpaired) electrons. The summed E-state index contributed by atoms with van der Waals surface area (Å²) in [4.78, 5) is 41.3. The van der Waals surface area contributed by atoms with Crippen molar-refractivity contribution < 1.29 is 14.4 Å². The molecule has 0 bridgehead atoms. The van der Waals surface area contributed by atoms with E-state index in [1.165, 1.54) is 10.7 Å². The lowest BCUT2D eigenvalue weighted by Crippen LogP contribution is -2.65. The van der Waals surface area contributed by atoms with Crippen LogP contribution in [0.15, 0.2) is 30.3 Å². The first-order chi connectivity index (χ1) is 16.3. The molecule has 1 aliphatic carbocycles. The highest BCUT2D eigenvalue weighted by Crippen LogP contribution is 2.29. The number of hydrogen-bond acceptors (Lipinski definition) is 4. The van der Waals surface area contributed by atoms with E-state index in [1.54, 1.807) is 24.0 Å². The fourth-order valence-corrected chi connectivity index (χ4v) is 4.83. The number of halogens is 1. The number of fused-ring (bicyclic) bond motifs is 1. The van der Waals surface area contributed by atoms with Crippen molar-refractivity contribution in [3.05, 3.63) is 52.3 Å². The summed E-state index contributed by atoms with van der Waals surface area (Å²) in [5.74, 6) is -0.798. The minimum Gasteiger partial charge on any atom is -0.351 e. The van der Waals surface area contributed by atoms with Crippen LogP contribution in [0.25, 0.3) is 0 Å². The highest BCUT2D eigenvalue weighted by Gasteiger charge is 2.48. The van der Waals surface area contributed by atoms with Crippen LogP contribution >= 0.6 is 11.6 Å². The lowest BCUT2D eigenvalue weighted by molar-refractivity contribution is -0.133. The first kappa shape index (κ1) is 24.3. The predicted molar refractivity (Wildman–Crippen MR) is 130 cm³/mol. The Bertz CT molecular complexity index is 1060. The van der Waals surface area contributed by atoms with Gasteiger partial charge in [-0.25, -0.2) is 0 Å². The van der Waals surface area contributed by atoms with Gasteiger partial charge in [-0.05, 0) is 43.9 Å². The highest BCUT2D eigenvalue weighted by atomic mass is 35.5. The Labute approximate surface area is 205 Å². The number of hydrogen-bond donors (Lipinski definition) is 2. The molecule has 4 rings (SSSR count). The van der Waals surface area contributed by atoms with Crippen molar-refractivity contribution in [3.63, 3.8) is 0 Å². The molecule has 2 aromatic rings. The molecule has 2 N–H and O–H groups in total. The average Bonchev–Trinajstić information content (AvgIpc) is 3.48. The Morgan fingerprint density at radius 3 is 2.59 bits per heavy atom. The van der Waals surface area contributed by atoms with Crippen molar-refractivity contribution in [3.8, 4) is 0 Å². The first-order valence-electron chi connectivity index (χ1n) is 12.0. The van der Waals surface area contributed by atoms with E-state index in [4.69, 9.17) is 11.6 Å². The second-order valence-corrected chi connectivity index (χ2v) is 9.86. The van der Waals surface area contributed by atoms with Gasteiger partial charge < -0.3 is 15.5 Å². The molecule has 1 aromatic heterocycles. The molecule has 34 heavy (non-hydrogen) atoms. The van der Waals surface area contributed by atoms with Crippen molar-refractivity contribution in [1.82, 2.24) is 25.3 Å². The maximum atomic E-state index is 13.5. The SMILES string of the molecule is CCCCN1C(=O)c2cc(C(=O)NCc3ccc(Cl)cc3)nn2C[C@]1(C)C(=O)NC1CCCC1. The van der Waals surface area contributed by atoms with Gasteiger partial charge in [0.05, 0.1) is 6.54 Å². The number of amides is 3. The zero-order valence-electron chi connectivity index (χ0n) is 19.8. The summed E-state index contributed by atoms with van der Waals surface area (Å²) in [6.07, 6.45) is 5.85. The summed E-state index contributed by atoms with van der Waals surface area (Å²) >= 11 is 5.91. The first-order valence-corrected chi connectivity index (χ1v) is 12.4. The Balaban J connectivity index is 1.53. The van der Waals surface area contributed by atoms with Crippen molar-refractivity contribution in [1.29, 1.82) is 0 Å². The number of carbonyl (C=O) groups excluding carboxylic acids is 3. The Morgan fingerprint density at radius 2 is 1.91 bits per heavy atom. The Hall–Kier alpha value is -2.87. The van der Waals surface area contributed by atoms with Gasteiger partial charge in [0, 0.05) is 30.2 Å². The summed E-state index contributed by atoms with van der Waals surface area (Å²) < 4.78 is 1.51. The second-order valence-electron chi connectivity index (χ2n) is 9.42. The second kappa shape index (κ2) is 10.2. The van der Waals surface area contributed by atoms with Crippen LogP contribution < -0.4 is 10.6 Å². The summed E-state index contributed by atoms with van der Waals surface area (Å²) in [6.45, 7) is 4.86. The lowest BCUT2D eigenvalue weighted by Gasteiger charge is -2.43. The summed E-state index contributed by atoms with van der Waals surface area (Å²) in [5.41, 5.74) is 0.331. The van der Waals surface area contributed by atoms with Crippen molar-refractivity contribution in [2.24, 2.45) is 0 Å². The minimum atomic E-state index is -1.06. The minimum absolute atomic E-state index is 0.153. The van der Waals surface area contributed by atoms with Gasteiger partial charge in [0.1, 0.15) is 11.2 Å².